The normalized spacial score (nSPS) is 20.8. The van der Waals surface area contributed by atoms with Crippen molar-refractivity contribution in [2.75, 3.05) is 71.3 Å². The summed E-state index contributed by atoms with van der Waals surface area (Å²) in [5.41, 5.74) is 7.64. The lowest BCUT2D eigenvalue weighted by Gasteiger charge is -2.39. The fourth-order valence-electron chi connectivity index (χ4n) is 5.70. The number of piperidine rings is 1. The molecule has 12 heteroatoms. The Hall–Kier alpha value is -2.28. The fraction of sp³-hybridized carbons (Fsp3) is 0.556. The summed E-state index contributed by atoms with van der Waals surface area (Å²) in [6, 6.07) is 9.15. The molecule has 5 rings (SSSR count). The Morgan fingerprint density at radius 3 is 2.36 bits per heavy atom. The van der Waals surface area contributed by atoms with Gasteiger partial charge in [0.15, 0.2) is 0 Å². The van der Waals surface area contributed by atoms with Crippen molar-refractivity contribution in [1.29, 1.82) is 0 Å². The van der Waals surface area contributed by atoms with Crippen LogP contribution in [0.1, 0.15) is 24.0 Å². The van der Waals surface area contributed by atoms with Gasteiger partial charge in [-0.2, -0.15) is 4.31 Å². The minimum absolute atomic E-state index is 0.0495. The number of amides is 1. The second-order valence-corrected chi connectivity index (χ2v) is 12.8. The van der Waals surface area contributed by atoms with Gasteiger partial charge in [-0.25, -0.2) is 13.4 Å². The zero-order valence-corrected chi connectivity index (χ0v) is 23.7. The van der Waals surface area contributed by atoms with Crippen LogP contribution < -0.4 is 5.73 Å². The Morgan fingerprint density at radius 2 is 1.67 bits per heavy atom. The molecule has 0 bridgehead atoms. The van der Waals surface area contributed by atoms with Crippen LogP contribution in [0.5, 0.6) is 0 Å². The molecule has 0 atom stereocenters. The van der Waals surface area contributed by atoms with Crippen LogP contribution in [0.15, 0.2) is 41.4 Å². The molecular weight excluding hydrogens is 540 g/mol. The predicted molar refractivity (Wildman–Crippen MR) is 150 cm³/mol. The number of sulfonamides is 1. The summed E-state index contributed by atoms with van der Waals surface area (Å²) in [6.07, 6.45) is 3.44. The van der Waals surface area contributed by atoms with E-state index in [9.17, 15) is 13.2 Å². The van der Waals surface area contributed by atoms with E-state index in [1.54, 1.807) is 18.3 Å². The smallest absolute Gasteiger partial charge is 0.245 e. The SMILES string of the molecule is Nc1cc(CN2CCC(C(=O)N3CCN(Cc4cccc(Cl)c4S(=O)(=O)N4CCOCC4)CC3)CC2)ccn1. The van der Waals surface area contributed by atoms with Crippen LogP contribution in [0.3, 0.4) is 0 Å². The van der Waals surface area contributed by atoms with Gasteiger partial charge in [-0.3, -0.25) is 14.6 Å². The number of carbonyl (C=O) groups excluding carboxylic acids is 1. The molecule has 0 radical (unpaired) electrons. The van der Waals surface area contributed by atoms with Crippen LogP contribution in [-0.4, -0.2) is 104 Å². The van der Waals surface area contributed by atoms with Gasteiger partial charge in [-0.15, -0.1) is 0 Å². The molecule has 2 N–H and O–H groups in total. The zero-order chi connectivity index (χ0) is 27.4. The third-order valence-corrected chi connectivity index (χ3v) is 10.4. The number of carbonyl (C=O) groups is 1. The Bertz CT molecular complexity index is 1260. The summed E-state index contributed by atoms with van der Waals surface area (Å²) in [7, 11) is -3.72. The number of rotatable bonds is 7. The highest BCUT2D eigenvalue weighted by molar-refractivity contribution is 7.89. The van der Waals surface area contributed by atoms with Crippen LogP contribution >= 0.6 is 11.6 Å². The van der Waals surface area contributed by atoms with E-state index in [0.717, 1.165) is 38.0 Å². The molecule has 3 saturated heterocycles. The van der Waals surface area contributed by atoms with E-state index in [1.807, 2.05) is 23.1 Å². The second kappa shape index (κ2) is 12.5. The predicted octanol–water partition coefficient (Wildman–Crippen LogP) is 1.89. The average molecular weight is 577 g/mol. The van der Waals surface area contributed by atoms with Crippen LogP contribution in [-0.2, 0) is 32.6 Å². The van der Waals surface area contributed by atoms with Gasteiger partial charge in [-0.1, -0.05) is 23.7 Å². The van der Waals surface area contributed by atoms with Gasteiger partial charge in [-0.05, 0) is 55.3 Å². The monoisotopic (exact) mass is 576 g/mol. The molecule has 10 nitrogen and oxygen atoms in total. The Balaban J connectivity index is 1.14. The molecule has 1 aromatic heterocycles. The van der Waals surface area contributed by atoms with E-state index in [0.29, 0.717) is 70.4 Å². The van der Waals surface area contributed by atoms with Gasteiger partial charge in [0.1, 0.15) is 10.7 Å². The van der Waals surface area contributed by atoms with Crippen molar-refractivity contribution in [1.82, 2.24) is 24.0 Å². The summed E-state index contributed by atoms with van der Waals surface area (Å²) in [5, 5.41) is 0.242. The minimum Gasteiger partial charge on any atom is -0.384 e. The molecule has 0 unspecified atom stereocenters. The number of nitrogens with two attached hydrogens (primary N) is 1. The lowest BCUT2D eigenvalue weighted by Crippen LogP contribution is -2.51. The van der Waals surface area contributed by atoms with Crippen LogP contribution in [0.25, 0.3) is 0 Å². The van der Waals surface area contributed by atoms with E-state index in [2.05, 4.69) is 14.8 Å². The number of aromatic nitrogens is 1. The number of nitrogens with zero attached hydrogens (tertiary/aromatic N) is 5. The van der Waals surface area contributed by atoms with Crippen LogP contribution in [0.4, 0.5) is 5.82 Å². The lowest BCUT2D eigenvalue weighted by atomic mass is 9.94. The van der Waals surface area contributed by atoms with Crippen molar-refractivity contribution in [2.24, 2.45) is 5.92 Å². The van der Waals surface area contributed by atoms with Gasteiger partial charge in [0.25, 0.3) is 0 Å². The van der Waals surface area contributed by atoms with Crippen molar-refractivity contribution in [3.63, 3.8) is 0 Å². The number of hydrogen-bond acceptors (Lipinski definition) is 8. The average Bonchev–Trinajstić information content (AvgIpc) is 2.94. The Kier molecular flexibility index (Phi) is 9.05. The summed E-state index contributed by atoms with van der Waals surface area (Å²) >= 11 is 6.44. The molecule has 3 aliphatic rings. The number of hydrogen-bond donors (Lipinski definition) is 1. The number of nitrogen functional groups attached to an aromatic ring is 1. The molecule has 4 heterocycles. The molecule has 3 fully saturated rings. The summed E-state index contributed by atoms with van der Waals surface area (Å²) in [5.74, 6) is 0.816. The first-order valence-corrected chi connectivity index (χ1v) is 15.4. The first kappa shape index (κ1) is 28.3. The summed E-state index contributed by atoms with van der Waals surface area (Å²) in [6.45, 7) is 7.13. The van der Waals surface area contributed by atoms with E-state index in [1.165, 1.54) is 4.31 Å². The molecule has 0 aliphatic carbocycles. The maximum Gasteiger partial charge on any atom is 0.245 e. The second-order valence-electron chi connectivity index (χ2n) is 10.5. The minimum atomic E-state index is -3.72. The number of pyridine rings is 1. The zero-order valence-electron chi connectivity index (χ0n) is 22.2. The van der Waals surface area contributed by atoms with Gasteiger partial charge in [0.2, 0.25) is 15.9 Å². The molecule has 39 heavy (non-hydrogen) atoms. The highest BCUT2D eigenvalue weighted by atomic mass is 35.5. The molecule has 0 saturated carbocycles. The van der Waals surface area contributed by atoms with Crippen molar-refractivity contribution in [2.45, 2.75) is 30.8 Å². The molecule has 3 aliphatic heterocycles. The Labute approximate surface area is 235 Å². The Morgan fingerprint density at radius 1 is 0.974 bits per heavy atom. The van der Waals surface area contributed by atoms with E-state index < -0.39 is 10.0 Å². The van der Waals surface area contributed by atoms with Crippen LogP contribution in [0.2, 0.25) is 5.02 Å². The van der Waals surface area contributed by atoms with Crippen molar-refractivity contribution in [3.05, 3.63) is 52.7 Å². The number of benzene rings is 1. The molecule has 1 aromatic carbocycles. The largest absolute Gasteiger partial charge is 0.384 e. The topological polar surface area (TPSA) is 112 Å². The summed E-state index contributed by atoms with van der Waals surface area (Å²) in [4.78, 5) is 24.1. The van der Waals surface area contributed by atoms with Gasteiger partial charge >= 0.3 is 0 Å². The number of anilines is 1. The van der Waals surface area contributed by atoms with E-state index in [4.69, 9.17) is 22.1 Å². The highest BCUT2D eigenvalue weighted by Crippen LogP contribution is 2.30. The number of likely N-dealkylation sites (tertiary alicyclic amines) is 1. The molecule has 212 valence electrons. The molecule has 0 spiro atoms. The molecule has 1 amide bonds. The van der Waals surface area contributed by atoms with Gasteiger partial charge in [0, 0.05) is 64.5 Å². The first-order valence-electron chi connectivity index (χ1n) is 13.6. The maximum absolute atomic E-state index is 13.4. The van der Waals surface area contributed by atoms with E-state index in [-0.39, 0.29) is 21.7 Å². The molecule has 2 aromatic rings. The lowest BCUT2D eigenvalue weighted by molar-refractivity contribution is -0.139. The maximum atomic E-state index is 13.4. The number of morpholine rings is 1. The van der Waals surface area contributed by atoms with Crippen molar-refractivity contribution >= 4 is 33.3 Å². The third kappa shape index (κ3) is 6.72. The number of piperazine rings is 1. The van der Waals surface area contributed by atoms with Crippen molar-refractivity contribution < 1.29 is 17.9 Å². The first-order chi connectivity index (χ1) is 18.8. The van der Waals surface area contributed by atoms with Gasteiger partial charge in [0.05, 0.1) is 18.2 Å². The highest BCUT2D eigenvalue weighted by Gasteiger charge is 2.33. The molecular formula is C27H37ClN6O4S. The quantitative estimate of drug-likeness (QED) is 0.532. The van der Waals surface area contributed by atoms with Gasteiger partial charge < -0.3 is 15.4 Å². The van der Waals surface area contributed by atoms with E-state index >= 15 is 0 Å². The number of halogens is 1. The number of ether oxygens (including phenoxy) is 1. The third-order valence-electron chi connectivity index (χ3n) is 7.88. The summed E-state index contributed by atoms with van der Waals surface area (Å²) < 4.78 is 33.6. The van der Waals surface area contributed by atoms with Crippen LogP contribution in [0, 0.1) is 5.92 Å². The van der Waals surface area contributed by atoms with Crippen molar-refractivity contribution in [3.8, 4) is 0 Å². The standard InChI is InChI=1S/C27H37ClN6O4S/c28-24-3-1-2-23(26(24)39(36,37)34-14-16-38-17-15-34)20-32-10-12-33(13-11-32)27(35)22-5-8-31(9-6-22)19-21-4-7-30-25(29)18-21/h1-4,7,18,22H,5-6,8-17,19-20H2,(H2,29,30). The fourth-order valence-corrected chi connectivity index (χ4v) is 7.85.